The van der Waals surface area contributed by atoms with Crippen LogP contribution in [-0.4, -0.2) is 81.4 Å². The molecule has 2 aromatic rings. The summed E-state index contributed by atoms with van der Waals surface area (Å²) in [5.41, 5.74) is 3.41. The van der Waals surface area contributed by atoms with Gasteiger partial charge >= 0.3 is 0 Å². The maximum absolute atomic E-state index is 13.6. The molecule has 1 N–H and O–H groups in total. The second-order valence-corrected chi connectivity index (χ2v) is 12.8. The number of sulfonamides is 1. The Bertz CT molecular complexity index is 1240. The first kappa shape index (κ1) is 26.4. The molecule has 7 nitrogen and oxygen atoms in total. The average Bonchev–Trinajstić information content (AvgIpc) is 3.29. The van der Waals surface area contributed by atoms with Crippen LogP contribution in [0.2, 0.25) is 0 Å². The number of nitrogens with zero attached hydrogens (tertiary/aromatic N) is 3. The Labute approximate surface area is 221 Å². The molecule has 0 aromatic heterocycles. The van der Waals surface area contributed by atoms with Gasteiger partial charge < -0.3 is 9.80 Å². The Kier molecular flexibility index (Phi) is 7.73. The smallest absolute Gasteiger partial charge is 0.253 e. The number of hydrogen-bond donors (Lipinski definition) is 1. The molecule has 0 spiro atoms. The Balaban J connectivity index is 1.28. The van der Waals surface area contributed by atoms with Gasteiger partial charge in [0.25, 0.3) is 5.91 Å². The van der Waals surface area contributed by atoms with Gasteiger partial charge in [0.1, 0.15) is 0 Å². The van der Waals surface area contributed by atoms with Gasteiger partial charge in [0.15, 0.2) is 0 Å². The SMILES string of the molecule is Cc1ccccc1S(=O)(=O)N[C@@H]1CCc2ccc(C(=O)N(C)[C@H]3CCC[C@@H](N4CCN(C)CC4)C3)cc21. The number of rotatable bonds is 6. The molecule has 1 heterocycles. The highest BCUT2D eigenvalue weighted by Crippen LogP contribution is 2.34. The van der Waals surface area contributed by atoms with Crippen molar-refractivity contribution < 1.29 is 13.2 Å². The topological polar surface area (TPSA) is 73.0 Å². The standard InChI is InChI=1S/C29H40N4O3S/c1-21-7-4-5-10-28(21)37(35,36)30-27-14-13-22-11-12-23(19-26(22)27)29(34)32(3)24-8-6-9-25(20-24)33-17-15-31(2)16-18-33/h4-5,7,10-12,19,24-25,27,30H,6,8-9,13-18,20H2,1-3H3/t24-,25+,27+/m0/s1. The number of likely N-dealkylation sites (N-methyl/N-ethyl adjacent to an activating group) is 1. The van der Waals surface area contributed by atoms with Crippen molar-refractivity contribution >= 4 is 15.9 Å². The molecule has 0 bridgehead atoms. The van der Waals surface area contributed by atoms with E-state index in [2.05, 4.69) is 21.6 Å². The number of aryl methyl sites for hydroxylation is 2. The first-order valence-electron chi connectivity index (χ1n) is 13.6. The molecule has 2 fully saturated rings. The lowest BCUT2D eigenvalue weighted by Crippen LogP contribution is -2.52. The quantitative estimate of drug-likeness (QED) is 0.625. The molecular formula is C29H40N4O3S. The van der Waals surface area contributed by atoms with E-state index in [0.717, 1.165) is 68.6 Å². The lowest BCUT2D eigenvalue weighted by atomic mass is 9.88. The van der Waals surface area contributed by atoms with Gasteiger partial charge in [0.05, 0.1) is 4.90 Å². The summed E-state index contributed by atoms with van der Waals surface area (Å²) in [5.74, 6) is 0.0271. The minimum atomic E-state index is -3.66. The van der Waals surface area contributed by atoms with Crippen LogP contribution in [0.25, 0.3) is 0 Å². The van der Waals surface area contributed by atoms with Crippen molar-refractivity contribution in [3.8, 4) is 0 Å². The monoisotopic (exact) mass is 524 g/mol. The fourth-order valence-corrected chi connectivity index (χ4v) is 7.84. The van der Waals surface area contributed by atoms with Gasteiger partial charge in [-0.15, -0.1) is 0 Å². The molecule has 8 heteroatoms. The predicted molar refractivity (Wildman–Crippen MR) is 146 cm³/mol. The van der Waals surface area contributed by atoms with Crippen LogP contribution in [-0.2, 0) is 16.4 Å². The second kappa shape index (κ2) is 10.8. The van der Waals surface area contributed by atoms with E-state index < -0.39 is 10.0 Å². The van der Waals surface area contributed by atoms with Crippen LogP contribution >= 0.6 is 0 Å². The molecule has 1 amide bonds. The van der Waals surface area contributed by atoms with Crippen LogP contribution in [0.15, 0.2) is 47.4 Å². The minimum absolute atomic E-state index is 0.0271. The van der Waals surface area contributed by atoms with Crippen molar-refractivity contribution in [2.45, 2.75) is 68.5 Å². The molecule has 1 saturated heterocycles. The zero-order valence-corrected chi connectivity index (χ0v) is 23.1. The van der Waals surface area contributed by atoms with Gasteiger partial charge in [-0.1, -0.05) is 24.3 Å². The van der Waals surface area contributed by atoms with E-state index in [1.54, 1.807) is 12.1 Å². The first-order chi connectivity index (χ1) is 17.7. The zero-order valence-electron chi connectivity index (χ0n) is 22.3. The summed E-state index contributed by atoms with van der Waals surface area (Å²) >= 11 is 0. The average molecular weight is 525 g/mol. The van der Waals surface area contributed by atoms with E-state index in [0.29, 0.717) is 22.9 Å². The Morgan fingerprint density at radius 1 is 1.03 bits per heavy atom. The highest BCUT2D eigenvalue weighted by molar-refractivity contribution is 7.89. The van der Waals surface area contributed by atoms with E-state index >= 15 is 0 Å². The summed E-state index contributed by atoms with van der Waals surface area (Å²) < 4.78 is 29.2. The number of nitrogens with one attached hydrogen (secondary N) is 1. The largest absolute Gasteiger partial charge is 0.339 e. The van der Waals surface area contributed by atoms with Gasteiger partial charge in [0, 0.05) is 56.9 Å². The summed E-state index contributed by atoms with van der Waals surface area (Å²) in [4.78, 5) is 20.8. The summed E-state index contributed by atoms with van der Waals surface area (Å²) in [6.45, 7) is 6.25. The summed E-state index contributed by atoms with van der Waals surface area (Å²) in [6.07, 6.45) is 5.92. The van der Waals surface area contributed by atoms with Crippen molar-refractivity contribution in [3.05, 3.63) is 64.7 Å². The normalized spacial score (nSPS) is 25.1. The summed E-state index contributed by atoms with van der Waals surface area (Å²) in [7, 11) is 0.461. The van der Waals surface area contributed by atoms with Crippen LogP contribution in [0, 0.1) is 6.92 Å². The maximum atomic E-state index is 13.6. The van der Waals surface area contributed by atoms with Crippen molar-refractivity contribution in [2.24, 2.45) is 0 Å². The van der Waals surface area contributed by atoms with Crippen LogP contribution in [0.5, 0.6) is 0 Å². The number of amides is 1. The number of carbonyl (C=O) groups is 1. The van der Waals surface area contributed by atoms with E-state index in [-0.39, 0.29) is 18.0 Å². The van der Waals surface area contributed by atoms with Crippen LogP contribution < -0.4 is 4.72 Å². The number of fused-ring (bicyclic) bond motifs is 1. The second-order valence-electron chi connectivity index (χ2n) is 11.1. The van der Waals surface area contributed by atoms with Crippen LogP contribution in [0.4, 0.5) is 0 Å². The van der Waals surface area contributed by atoms with E-state index in [9.17, 15) is 13.2 Å². The van der Waals surface area contributed by atoms with Crippen molar-refractivity contribution in [1.82, 2.24) is 19.4 Å². The molecule has 3 aliphatic rings. The Morgan fingerprint density at radius 2 is 1.78 bits per heavy atom. The molecule has 37 heavy (non-hydrogen) atoms. The highest BCUT2D eigenvalue weighted by atomic mass is 32.2. The molecule has 2 aliphatic carbocycles. The zero-order chi connectivity index (χ0) is 26.2. The Morgan fingerprint density at radius 3 is 2.54 bits per heavy atom. The van der Waals surface area contributed by atoms with E-state index in [1.165, 1.54) is 6.42 Å². The maximum Gasteiger partial charge on any atom is 0.253 e. The van der Waals surface area contributed by atoms with Crippen LogP contribution in [0.1, 0.15) is 65.2 Å². The highest BCUT2D eigenvalue weighted by Gasteiger charge is 2.33. The fourth-order valence-electron chi connectivity index (χ4n) is 6.35. The first-order valence-corrected chi connectivity index (χ1v) is 15.1. The molecule has 0 unspecified atom stereocenters. The van der Waals surface area contributed by atoms with Gasteiger partial charge in [-0.25, -0.2) is 13.1 Å². The van der Waals surface area contributed by atoms with Gasteiger partial charge in [-0.2, -0.15) is 0 Å². The predicted octanol–water partition coefficient (Wildman–Crippen LogP) is 3.59. The van der Waals surface area contributed by atoms with Crippen molar-refractivity contribution in [1.29, 1.82) is 0 Å². The molecule has 200 valence electrons. The molecule has 1 aliphatic heterocycles. The molecule has 5 rings (SSSR count). The van der Waals surface area contributed by atoms with Gasteiger partial charge in [-0.05, 0) is 87.4 Å². The Hall–Kier alpha value is -2.26. The van der Waals surface area contributed by atoms with Gasteiger partial charge in [-0.3, -0.25) is 9.69 Å². The molecule has 0 radical (unpaired) electrons. The third kappa shape index (κ3) is 5.62. The lowest BCUT2D eigenvalue weighted by Gasteiger charge is -2.43. The number of piperazine rings is 1. The van der Waals surface area contributed by atoms with Crippen molar-refractivity contribution in [3.63, 3.8) is 0 Å². The molecule has 2 aromatic carbocycles. The summed E-state index contributed by atoms with van der Waals surface area (Å²) in [5, 5.41) is 0. The third-order valence-electron chi connectivity index (χ3n) is 8.69. The number of carbonyl (C=O) groups excluding carboxylic acids is 1. The van der Waals surface area contributed by atoms with E-state index in [4.69, 9.17) is 0 Å². The summed E-state index contributed by atoms with van der Waals surface area (Å²) in [6, 6.07) is 13.3. The van der Waals surface area contributed by atoms with E-state index in [1.807, 2.05) is 49.2 Å². The molecule has 3 atom stereocenters. The lowest BCUT2D eigenvalue weighted by molar-refractivity contribution is 0.0496. The number of hydrogen-bond acceptors (Lipinski definition) is 5. The molecular weight excluding hydrogens is 484 g/mol. The molecule has 1 saturated carbocycles. The fraction of sp³-hybridized carbons (Fsp3) is 0.552. The van der Waals surface area contributed by atoms with Gasteiger partial charge in [0.2, 0.25) is 10.0 Å². The van der Waals surface area contributed by atoms with Crippen LogP contribution in [0.3, 0.4) is 0 Å². The minimum Gasteiger partial charge on any atom is -0.339 e. The van der Waals surface area contributed by atoms with Crippen molar-refractivity contribution in [2.75, 3.05) is 40.3 Å². The number of benzene rings is 2. The third-order valence-corrected chi connectivity index (χ3v) is 10.3.